The largest absolute Gasteiger partial charge is 0.339 e. The van der Waals surface area contributed by atoms with E-state index in [-0.39, 0.29) is 11.1 Å². The number of nitrogens with one attached hydrogen (secondary N) is 2. The molecule has 1 aromatic rings. The van der Waals surface area contributed by atoms with Crippen molar-refractivity contribution in [2.75, 3.05) is 13.1 Å². The molecule has 0 unspecified atom stereocenters. The van der Waals surface area contributed by atoms with E-state index < -0.39 is 10.0 Å². The summed E-state index contributed by atoms with van der Waals surface area (Å²) >= 11 is 0. The van der Waals surface area contributed by atoms with Gasteiger partial charge in [-0.1, -0.05) is 0 Å². The average Bonchev–Trinajstić information content (AvgIpc) is 2.75. The van der Waals surface area contributed by atoms with Crippen LogP contribution in [0.5, 0.6) is 0 Å². The number of sulfonamides is 1. The predicted octanol–water partition coefficient (Wildman–Crippen LogP) is -0.940. The van der Waals surface area contributed by atoms with Gasteiger partial charge >= 0.3 is 0 Å². The van der Waals surface area contributed by atoms with Gasteiger partial charge in [0.1, 0.15) is 0 Å². The molecule has 15 heavy (non-hydrogen) atoms. The number of imidazole rings is 1. The molecule has 1 aromatic heterocycles. The van der Waals surface area contributed by atoms with E-state index in [1.54, 1.807) is 11.6 Å². The van der Waals surface area contributed by atoms with Crippen LogP contribution >= 0.6 is 0 Å². The third kappa shape index (κ3) is 2.36. The first-order chi connectivity index (χ1) is 7.08. The zero-order valence-electron chi connectivity index (χ0n) is 8.47. The van der Waals surface area contributed by atoms with E-state index in [0.29, 0.717) is 6.54 Å². The molecule has 7 heteroatoms. The van der Waals surface area contributed by atoms with Crippen molar-refractivity contribution in [3.8, 4) is 0 Å². The van der Waals surface area contributed by atoms with Crippen molar-refractivity contribution in [3.05, 3.63) is 12.5 Å². The van der Waals surface area contributed by atoms with Gasteiger partial charge in [0.15, 0.2) is 5.03 Å². The number of nitrogens with zero attached hydrogens (tertiary/aromatic N) is 2. The van der Waals surface area contributed by atoms with Crippen molar-refractivity contribution in [2.24, 2.45) is 7.05 Å². The van der Waals surface area contributed by atoms with Gasteiger partial charge in [-0.05, 0) is 13.0 Å². The molecule has 0 aromatic carbocycles. The Bertz CT molecular complexity index is 433. The van der Waals surface area contributed by atoms with Gasteiger partial charge in [0.05, 0.1) is 6.33 Å². The topological polar surface area (TPSA) is 76.0 Å². The minimum absolute atomic E-state index is 0.0167. The molecule has 0 bridgehead atoms. The van der Waals surface area contributed by atoms with Crippen molar-refractivity contribution >= 4 is 10.0 Å². The summed E-state index contributed by atoms with van der Waals surface area (Å²) in [6.07, 6.45) is 3.79. The Morgan fingerprint density at radius 3 is 3.00 bits per heavy atom. The summed E-state index contributed by atoms with van der Waals surface area (Å²) in [7, 11) is -1.71. The smallest absolute Gasteiger partial charge is 0.259 e. The fraction of sp³-hybridized carbons (Fsp3) is 0.625. The molecular formula is C8H14N4O2S. The minimum Gasteiger partial charge on any atom is -0.339 e. The van der Waals surface area contributed by atoms with Gasteiger partial charge in [-0.2, -0.15) is 0 Å². The summed E-state index contributed by atoms with van der Waals surface area (Å²) in [6.45, 7) is 1.54. The van der Waals surface area contributed by atoms with Crippen LogP contribution in [0.25, 0.3) is 0 Å². The van der Waals surface area contributed by atoms with E-state index in [1.165, 1.54) is 12.5 Å². The molecule has 1 atom stereocenters. The molecule has 0 aliphatic carbocycles. The number of hydrogen-bond donors (Lipinski definition) is 2. The molecule has 1 fully saturated rings. The quantitative estimate of drug-likeness (QED) is 0.702. The van der Waals surface area contributed by atoms with Gasteiger partial charge in [0.2, 0.25) is 0 Å². The highest BCUT2D eigenvalue weighted by atomic mass is 32.2. The SMILES string of the molecule is Cn1cnc(S(=O)(=O)N[C@H]2CCNC2)c1. The Balaban J connectivity index is 2.12. The van der Waals surface area contributed by atoms with Crippen LogP contribution in [0.1, 0.15) is 6.42 Å². The third-order valence-corrected chi connectivity index (χ3v) is 3.74. The van der Waals surface area contributed by atoms with Crippen LogP contribution < -0.4 is 10.0 Å². The van der Waals surface area contributed by atoms with Crippen LogP contribution in [0, 0.1) is 0 Å². The van der Waals surface area contributed by atoms with Crippen molar-refractivity contribution in [1.82, 2.24) is 19.6 Å². The van der Waals surface area contributed by atoms with Crippen LogP contribution in [-0.2, 0) is 17.1 Å². The van der Waals surface area contributed by atoms with E-state index in [0.717, 1.165) is 13.0 Å². The zero-order valence-corrected chi connectivity index (χ0v) is 9.29. The Morgan fingerprint density at radius 2 is 2.47 bits per heavy atom. The number of aryl methyl sites for hydroxylation is 1. The standard InChI is InChI=1S/C8H14N4O2S/c1-12-5-8(10-6-12)15(13,14)11-7-2-3-9-4-7/h5-7,9,11H,2-4H2,1H3/t7-/m0/s1. The Labute approximate surface area is 88.7 Å². The van der Waals surface area contributed by atoms with Crippen LogP contribution in [0.4, 0.5) is 0 Å². The van der Waals surface area contributed by atoms with E-state index in [9.17, 15) is 8.42 Å². The molecule has 0 amide bonds. The Morgan fingerprint density at radius 1 is 1.67 bits per heavy atom. The van der Waals surface area contributed by atoms with Crippen molar-refractivity contribution in [1.29, 1.82) is 0 Å². The lowest BCUT2D eigenvalue weighted by Crippen LogP contribution is -2.36. The van der Waals surface area contributed by atoms with Gasteiger partial charge < -0.3 is 9.88 Å². The van der Waals surface area contributed by atoms with Crippen LogP contribution in [0.15, 0.2) is 17.6 Å². The summed E-state index contributed by atoms with van der Waals surface area (Å²) in [4.78, 5) is 3.82. The molecule has 1 aliphatic heterocycles. The van der Waals surface area contributed by atoms with Crippen molar-refractivity contribution in [2.45, 2.75) is 17.5 Å². The number of rotatable bonds is 3. The minimum atomic E-state index is -3.44. The number of aromatic nitrogens is 2. The molecule has 0 spiro atoms. The first-order valence-electron chi connectivity index (χ1n) is 4.79. The van der Waals surface area contributed by atoms with Crippen LogP contribution in [0.3, 0.4) is 0 Å². The lowest BCUT2D eigenvalue weighted by molar-refractivity contribution is 0.557. The second-order valence-electron chi connectivity index (χ2n) is 3.69. The lowest BCUT2D eigenvalue weighted by atomic mass is 10.3. The Hall–Kier alpha value is -0.920. The maximum Gasteiger partial charge on any atom is 0.259 e. The van der Waals surface area contributed by atoms with Gasteiger partial charge in [-0.15, -0.1) is 0 Å². The number of hydrogen-bond acceptors (Lipinski definition) is 4. The van der Waals surface area contributed by atoms with Crippen LogP contribution in [-0.4, -0.2) is 37.1 Å². The Kier molecular flexibility index (Phi) is 2.76. The summed E-state index contributed by atoms with van der Waals surface area (Å²) in [5.74, 6) is 0. The van der Waals surface area contributed by atoms with E-state index in [1.807, 2.05) is 0 Å². The first-order valence-corrected chi connectivity index (χ1v) is 6.27. The van der Waals surface area contributed by atoms with Gasteiger partial charge in [-0.3, -0.25) is 0 Å². The molecule has 2 N–H and O–H groups in total. The monoisotopic (exact) mass is 230 g/mol. The molecule has 84 valence electrons. The molecular weight excluding hydrogens is 216 g/mol. The van der Waals surface area contributed by atoms with Gasteiger partial charge in [0.25, 0.3) is 10.0 Å². The lowest BCUT2D eigenvalue weighted by Gasteiger charge is -2.09. The van der Waals surface area contributed by atoms with E-state index in [2.05, 4.69) is 15.0 Å². The second-order valence-corrected chi connectivity index (χ2v) is 5.35. The highest BCUT2D eigenvalue weighted by Gasteiger charge is 2.23. The summed E-state index contributed by atoms with van der Waals surface area (Å²) < 4.78 is 27.8. The second kappa shape index (κ2) is 3.92. The predicted molar refractivity (Wildman–Crippen MR) is 54.8 cm³/mol. The third-order valence-electron chi connectivity index (χ3n) is 2.34. The molecule has 6 nitrogen and oxygen atoms in total. The highest BCUT2D eigenvalue weighted by Crippen LogP contribution is 2.07. The summed E-state index contributed by atoms with van der Waals surface area (Å²) in [5, 5.41) is 3.18. The maximum absolute atomic E-state index is 11.8. The normalized spacial score (nSPS) is 22.1. The van der Waals surface area contributed by atoms with Gasteiger partial charge in [-0.25, -0.2) is 18.1 Å². The molecule has 2 rings (SSSR count). The average molecular weight is 230 g/mol. The first kappa shape index (κ1) is 10.6. The van der Waals surface area contributed by atoms with E-state index in [4.69, 9.17) is 0 Å². The molecule has 2 heterocycles. The highest BCUT2D eigenvalue weighted by molar-refractivity contribution is 7.89. The molecule has 0 radical (unpaired) electrons. The maximum atomic E-state index is 11.8. The van der Waals surface area contributed by atoms with Crippen molar-refractivity contribution < 1.29 is 8.42 Å². The summed E-state index contributed by atoms with van der Waals surface area (Å²) in [6, 6.07) is -0.0167. The van der Waals surface area contributed by atoms with Crippen molar-refractivity contribution in [3.63, 3.8) is 0 Å². The fourth-order valence-electron chi connectivity index (χ4n) is 1.56. The fourth-order valence-corrected chi connectivity index (χ4v) is 2.81. The van der Waals surface area contributed by atoms with Crippen LogP contribution in [0.2, 0.25) is 0 Å². The molecule has 1 saturated heterocycles. The summed E-state index contributed by atoms with van der Waals surface area (Å²) in [5.41, 5.74) is 0. The molecule has 1 aliphatic rings. The molecule has 0 saturated carbocycles. The van der Waals surface area contributed by atoms with Gasteiger partial charge in [0, 0.05) is 25.8 Å². The van der Waals surface area contributed by atoms with E-state index >= 15 is 0 Å². The zero-order chi connectivity index (χ0) is 10.9.